The van der Waals surface area contributed by atoms with Crippen molar-refractivity contribution in [2.75, 3.05) is 13.1 Å². The highest BCUT2D eigenvalue weighted by Crippen LogP contribution is 2.60. The van der Waals surface area contributed by atoms with Crippen LogP contribution in [0.1, 0.15) is 57.1 Å². The molecule has 0 aromatic carbocycles. The molecule has 1 saturated heterocycles. The molecule has 4 saturated carbocycles. The summed E-state index contributed by atoms with van der Waals surface area (Å²) in [4.78, 5) is 6.81. The van der Waals surface area contributed by atoms with Crippen LogP contribution in [0, 0.1) is 11.8 Å². The highest BCUT2D eigenvalue weighted by Gasteiger charge is 2.59. The number of piperidine rings is 1. The minimum Gasteiger partial charge on any atom is -0.468 e. The number of aromatic nitrogens is 3. The number of rotatable bonds is 5. The van der Waals surface area contributed by atoms with Crippen LogP contribution in [0.15, 0.2) is 35.5 Å². The van der Waals surface area contributed by atoms with E-state index < -0.39 is 0 Å². The smallest absolute Gasteiger partial charge is 0.137 e. The number of likely N-dealkylation sites (tertiary alicyclic amines) is 1. The Hall–Kier alpha value is -1.66. The van der Waals surface area contributed by atoms with Crippen LogP contribution >= 0.6 is 0 Å². The van der Waals surface area contributed by atoms with Crippen molar-refractivity contribution in [3.63, 3.8) is 0 Å². The van der Waals surface area contributed by atoms with Gasteiger partial charge in [0.2, 0.25) is 0 Å². The molecule has 0 radical (unpaired) electrons. The lowest BCUT2D eigenvalue weighted by atomic mass is 9.49. The number of hydrogen-bond donors (Lipinski definition) is 1. The average molecular weight is 382 g/mol. The first-order chi connectivity index (χ1) is 13.7. The second-order valence-electron chi connectivity index (χ2n) is 10.1. The molecule has 2 aromatic rings. The van der Waals surface area contributed by atoms with Gasteiger partial charge in [-0.3, -0.25) is 4.90 Å². The van der Waals surface area contributed by atoms with Crippen LogP contribution in [-0.4, -0.2) is 44.3 Å². The minimum atomic E-state index is 0.216. The van der Waals surface area contributed by atoms with E-state index in [0.717, 1.165) is 37.2 Å². The van der Waals surface area contributed by atoms with E-state index >= 15 is 0 Å². The Morgan fingerprint density at radius 3 is 2.64 bits per heavy atom. The van der Waals surface area contributed by atoms with Gasteiger partial charge in [-0.1, -0.05) is 0 Å². The van der Waals surface area contributed by atoms with Gasteiger partial charge in [0, 0.05) is 24.7 Å². The molecular weight excluding hydrogens is 350 g/mol. The Balaban J connectivity index is 1.14. The maximum absolute atomic E-state index is 5.53. The lowest BCUT2D eigenvalue weighted by molar-refractivity contribution is -0.0839. The molecule has 4 aliphatic carbocycles. The van der Waals surface area contributed by atoms with Crippen molar-refractivity contribution in [3.05, 3.63) is 36.8 Å². The van der Waals surface area contributed by atoms with Crippen molar-refractivity contribution >= 4 is 0 Å². The lowest BCUT2D eigenvalue weighted by Gasteiger charge is -2.62. The van der Waals surface area contributed by atoms with Gasteiger partial charge in [-0.05, 0) is 75.3 Å². The van der Waals surface area contributed by atoms with E-state index in [9.17, 15) is 0 Å². The van der Waals surface area contributed by atoms with Crippen molar-refractivity contribution in [2.24, 2.45) is 11.8 Å². The third-order valence-electron chi connectivity index (χ3n) is 7.99. The zero-order chi connectivity index (χ0) is 18.6. The second kappa shape index (κ2) is 6.42. The minimum absolute atomic E-state index is 0.216. The summed E-state index contributed by atoms with van der Waals surface area (Å²) in [7, 11) is 0. The Morgan fingerprint density at radius 2 is 1.96 bits per heavy atom. The number of hydrogen-bond acceptors (Lipinski definition) is 5. The first-order valence-corrected chi connectivity index (χ1v) is 11.1. The molecule has 2 atom stereocenters. The van der Waals surface area contributed by atoms with Gasteiger partial charge in [-0.25, -0.2) is 9.67 Å². The fraction of sp³-hybridized carbons (Fsp3) is 0.727. The van der Waals surface area contributed by atoms with Crippen LogP contribution < -0.4 is 5.32 Å². The molecule has 28 heavy (non-hydrogen) atoms. The maximum Gasteiger partial charge on any atom is 0.137 e. The molecule has 5 aliphatic rings. The van der Waals surface area contributed by atoms with Gasteiger partial charge >= 0.3 is 0 Å². The Morgan fingerprint density at radius 1 is 1.14 bits per heavy atom. The fourth-order valence-corrected chi connectivity index (χ4v) is 7.40. The molecule has 2 aromatic heterocycles. The average Bonchev–Trinajstić information content (AvgIpc) is 3.36. The largest absolute Gasteiger partial charge is 0.468 e. The topological polar surface area (TPSA) is 59.1 Å². The van der Waals surface area contributed by atoms with Crippen molar-refractivity contribution in [1.82, 2.24) is 25.0 Å². The van der Waals surface area contributed by atoms with Crippen molar-refractivity contribution < 1.29 is 4.42 Å². The van der Waals surface area contributed by atoms with Crippen LogP contribution in [0.2, 0.25) is 0 Å². The SMILES string of the molecule is c1coc(CN2CCC(NC34CC5CC(C3)CC(n3cncn3)(C5)C4)CC2)c1. The Bertz CT molecular complexity index is 779. The summed E-state index contributed by atoms with van der Waals surface area (Å²) in [5, 5.41) is 8.81. The van der Waals surface area contributed by atoms with E-state index in [1.807, 2.05) is 12.4 Å². The van der Waals surface area contributed by atoms with Crippen LogP contribution in [0.5, 0.6) is 0 Å². The molecule has 5 fully saturated rings. The van der Waals surface area contributed by atoms with E-state index in [-0.39, 0.29) is 5.54 Å². The monoisotopic (exact) mass is 381 g/mol. The third kappa shape index (κ3) is 2.92. The van der Waals surface area contributed by atoms with Gasteiger partial charge in [0.1, 0.15) is 18.4 Å². The van der Waals surface area contributed by atoms with E-state index in [0.29, 0.717) is 11.6 Å². The number of nitrogens with zero attached hydrogens (tertiary/aromatic N) is 4. The van der Waals surface area contributed by atoms with Gasteiger partial charge in [0.15, 0.2) is 0 Å². The summed E-state index contributed by atoms with van der Waals surface area (Å²) < 4.78 is 7.75. The molecule has 0 spiro atoms. The summed E-state index contributed by atoms with van der Waals surface area (Å²) in [6.45, 7) is 3.27. The normalized spacial score (nSPS) is 38.3. The first-order valence-electron chi connectivity index (χ1n) is 11.1. The summed E-state index contributed by atoms with van der Waals surface area (Å²) >= 11 is 0. The Kier molecular flexibility index (Phi) is 3.95. The molecule has 6 nitrogen and oxygen atoms in total. The van der Waals surface area contributed by atoms with E-state index in [1.54, 1.807) is 12.6 Å². The van der Waals surface area contributed by atoms with Gasteiger partial charge in [0.25, 0.3) is 0 Å². The van der Waals surface area contributed by atoms with E-state index in [1.165, 1.54) is 51.4 Å². The molecule has 4 bridgehead atoms. The van der Waals surface area contributed by atoms with E-state index in [4.69, 9.17) is 4.42 Å². The van der Waals surface area contributed by atoms with E-state index in [2.05, 4.69) is 31.0 Å². The number of nitrogens with one attached hydrogen (secondary N) is 1. The highest BCUT2D eigenvalue weighted by molar-refractivity contribution is 5.14. The van der Waals surface area contributed by atoms with Crippen LogP contribution in [0.3, 0.4) is 0 Å². The summed E-state index contributed by atoms with van der Waals surface area (Å²) in [5.41, 5.74) is 0.539. The van der Waals surface area contributed by atoms with Gasteiger partial charge in [-0.2, -0.15) is 5.10 Å². The van der Waals surface area contributed by atoms with Gasteiger partial charge in [-0.15, -0.1) is 0 Å². The molecule has 3 heterocycles. The molecule has 2 unspecified atom stereocenters. The zero-order valence-electron chi connectivity index (χ0n) is 16.6. The van der Waals surface area contributed by atoms with Crippen LogP contribution in [0.25, 0.3) is 0 Å². The standard InChI is InChI=1S/C22H31N5O/c1-2-20(28-7-1)13-26-5-3-19(4-6-26)25-21-9-17-8-18(10-21)12-22(11-17,14-21)27-16-23-15-24-27/h1-2,7,15-19,25H,3-6,8-14H2. The van der Waals surface area contributed by atoms with Crippen molar-refractivity contribution in [1.29, 1.82) is 0 Å². The Labute approximate surface area is 166 Å². The van der Waals surface area contributed by atoms with Crippen molar-refractivity contribution in [2.45, 2.75) is 75.0 Å². The third-order valence-corrected chi connectivity index (χ3v) is 7.99. The van der Waals surface area contributed by atoms with Crippen LogP contribution in [0.4, 0.5) is 0 Å². The maximum atomic E-state index is 5.53. The molecule has 1 aliphatic heterocycles. The number of furan rings is 1. The molecule has 150 valence electrons. The molecular formula is C22H31N5O. The van der Waals surface area contributed by atoms with Crippen molar-refractivity contribution in [3.8, 4) is 0 Å². The molecule has 0 amide bonds. The highest BCUT2D eigenvalue weighted by atomic mass is 16.3. The predicted octanol–water partition coefficient (Wildman–Crippen LogP) is 3.17. The predicted molar refractivity (Wildman–Crippen MR) is 106 cm³/mol. The lowest BCUT2D eigenvalue weighted by Crippen LogP contribution is -2.67. The van der Waals surface area contributed by atoms with Gasteiger partial charge < -0.3 is 9.73 Å². The second-order valence-corrected chi connectivity index (χ2v) is 10.1. The first kappa shape index (κ1) is 17.2. The van der Waals surface area contributed by atoms with Crippen LogP contribution in [-0.2, 0) is 12.1 Å². The quantitative estimate of drug-likeness (QED) is 0.862. The molecule has 6 heteroatoms. The zero-order valence-corrected chi connectivity index (χ0v) is 16.6. The summed E-state index contributed by atoms with van der Waals surface area (Å²) in [6, 6.07) is 4.72. The molecule has 1 N–H and O–H groups in total. The summed E-state index contributed by atoms with van der Waals surface area (Å²) in [6.07, 6.45) is 16.0. The molecule has 7 rings (SSSR count). The summed E-state index contributed by atoms with van der Waals surface area (Å²) in [5.74, 6) is 2.80. The van der Waals surface area contributed by atoms with Gasteiger partial charge in [0.05, 0.1) is 18.3 Å². The fourth-order valence-electron chi connectivity index (χ4n) is 7.40.